The van der Waals surface area contributed by atoms with Gasteiger partial charge in [0, 0.05) is 31.9 Å². The molecule has 1 aliphatic heterocycles. The molecule has 1 aliphatic rings. The zero-order valence-electron chi connectivity index (χ0n) is 17.5. The molecule has 2 aromatic rings. The van der Waals surface area contributed by atoms with E-state index < -0.39 is 10.0 Å². The second-order valence-electron chi connectivity index (χ2n) is 7.26. The van der Waals surface area contributed by atoms with Gasteiger partial charge >= 0.3 is 0 Å². The highest BCUT2D eigenvalue weighted by Crippen LogP contribution is 2.23. The summed E-state index contributed by atoms with van der Waals surface area (Å²) >= 11 is 0. The molecule has 2 aromatic carbocycles. The van der Waals surface area contributed by atoms with Crippen LogP contribution in [0.25, 0.3) is 0 Å². The van der Waals surface area contributed by atoms with Crippen LogP contribution in [-0.2, 0) is 16.6 Å². The van der Waals surface area contributed by atoms with Crippen LogP contribution >= 0.6 is 0 Å². The van der Waals surface area contributed by atoms with E-state index in [9.17, 15) is 13.2 Å². The largest absolute Gasteiger partial charge is 0.496 e. The number of hydrogen-bond acceptors (Lipinski definition) is 5. The minimum Gasteiger partial charge on any atom is -0.496 e. The van der Waals surface area contributed by atoms with Crippen molar-refractivity contribution < 1.29 is 17.9 Å². The molecule has 30 heavy (non-hydrogen) atoms. The first-order valence-corrected chi connectivity index (χ1v) is 11.7. The third-order valence-corrected chi connectivity index (χ3v) is 6.59. The van der Waals surface area contributed by atoms with Crippen LogP contribution in [0.4, 0.5) is 5.69 Å². The normalized spacial score (nSPS) is 14.4. The fourth-order valence-corrected chi connectivity index (χ4v) is 4.57. The van der Waals surface area contributed by atoms with Crippen LogP contribution in [0.15, 0.2) is 47.4 Å². The fraction of sp³-hybridized carbons (Fsp3) is 0.409. The van der Waals surface area contributed by atoms with Crippen LogP contribution in [-0.4, -0.2) is 41.1 Å². The van der Waals surface area contributed by atoms with E-state index in [1.165, 1.54) is 50.3 Å². The quantitative estimate of drug-likeness (QED) is 0.671. The van der Waals surface area contributed by atoms with Gasteiger partial charge < -0.3 is 15.0 Å². The Morgan fingerprint density at radius 3 is 2.40 bits per heavy atom. The van der Waals surface area contributed by atoms with Crippen LogP contribution < -0.4 is 19.7 Å². The van der Waals surface area contributed by atoms with Gasteiger partial charge in [0.2, 0.25) is 10.0 Å². The molecule has 3 rings (SSSR count). The van der Waals surface area contributed by atoms with Gasteiger partial charge in [0.15, 0.2) is 0 Å². The number of piperidine rings is 1. The third kappa shape index (κ3) is 5.31. The zero-order valence-corrected chi connectivity index (χ0v) is 18.3. The van der Waals surface area contributed by atoms with Crippen molar-refractivity contribution in [3.8, 4) is 5.75 Å². The lowest BCUT2D eigenvalue weighted by molar-refractivity contribution is 0.0952. The van der Waals surface area contributed by atoms with Crippen LogP contribution in [0.3, 0.4) is 0 Å². The molecule has 162 valence electrons. The molecule has 0 bridgehead atoms. The van der Waals surface area contributed by atoms with E-state index >= 15 is 0 Å². The number of nitrogens with one attached hydrogen (secondary N) is 2. The fourth-order valence-electron chi connectivity index (χ4n) is 3.53. The van der Waals surface area contributed by atoms with Crippen molar-refractivity contribution in [1.29, 1.82) is 0 Å². The first-order valence-electron chi connectivity index (χ1n) is 10.2. The molecule has 1 fully saturated rings. The third-order valence-electron chi connectivity index (χ3n) is 5.19. The summed E-state index contributed by atoms with van der Waals surface area (Å²) in [6.07, 6.45) is 3.70. The Labute approximate surface area is 178 Å². The Morgan fingerprint density at radius 1 is 1.07 bits per heavy atom. The topological polar surface area (TPSA) is 87.7 Å². The number of methoxy groups -OCH3 is 1. The molecule has 0 spiro atoms. The van der Waals surface area contributed by atoms with E-state index in [1.54, 1.807) is 6.92 Å². The standard InChI is InChI=1S/C22H29N3O4S/c1-3-23-22(26)20-15-19(11-12-21(20)29-2)30(27,28)24-16-17-7-9-18(10-8-17)25-13-5-4-6-14-25/h7-12,15,24H,3-6,13-14,16H2,1-2H3,(H,23,26). The number of hydrogen-bond donors (Lipinski definition) is 2. The predicted octanol–water partition coefficient (Wildman–Crippen LogP) is 2.91. The number of nitrogens with zero attached hydrogens (tertiary/aromatic N) is 1. The van der Waals surface area contributed by atoms with Crippen molar-refractivity contribution in [2.24, 2.45) is 0 Å². The molecular formula is C22H29N3O4S. The average Bonchev–Trinajstić information content (AvgIpc) is 2.78. The van der Waals surface area contributed by atoms with Crippen LogP contribution in [0.1, 0.15) is 42.1 Å². The highest BCUT2D eigenvalue weighted by molar-refractivity contribution is 7.89. The first kappa shape index (κ1) is 22.1. The lowest BCUT2D eigenvalue weighted by atomic mass is 10.1. The molecular weight excluding hydrogens is 402 g/mol. The van der Waals surface area contributed by atoms with Crippen molar-refractivity contribution in [2.75, 3.05) is 31.6 Å². The second-order valence-corrected chi connectivity index (χ2v) is 9.03. The highest BCUT2D eigenvalue weighted by Gasteiger charge is 2.19. The SMILES string of the molecule is CCNC(=O)c1cc(S(=O)(=O)NCc2ccc(N3CCCCC3)cc2)ccc1OC. The summed E-state index contributed by atoms with van der Waals surface area (Å²) in [5.41, 5.74) is 2.23. The van der Waals surface area contributed by atoms with E-state index in [1.807, 2.05) is 24.3 Å². The summed E-state index contributed by atoms with van der Waals surface area (Å²) in [5.74, 6) is -0.0482. The molecule has 0 radical (unpaired) electrons. The van der Waals surface area contributed by atoms with Crippen molar-refractivity contribution >= 4 is 21.6 Å². The molecule has 0 saturated carbocycles. The van der Waals surface area contributed by atoms with Crippen molar-refractivity contribution in [3.63, 3.8) is 0 Å². The van der Waals surface area contributed by atoms with Gasteiger partial charge in [-0.1, -0.05) is 12.1 Å². The highest BCUT2D eigenvalue weighted by atomic mass is 32.2. The molecule has 2 N–H and O–H groups in total. The molecule has 1 amide bonds. The number of benzene rings is 2. The molecule has 0 atom stereocenters. The number of carbonyl (C=O) groups is 1. The van der Waals surface area contributed by atoms with E-state index in [-0.39, 0.29) is 22.9 Å². The number of rotatable bonds is 8. The second kappa shape index (κ2) is 9.95. The number of sulfonamides is 1. The van der Waals surface area contributed by atoms with Gasteiger partial charge in [-0.3, -0.25) is 4.79 Å². The Hall–Kier alpha value is -2.58. The Bertz CT molecular complexity index is 968. The van der Waals surface area contributed by atoms with Crippen molar-refractivity contribution in [2.45, 2.75) is 37.6 Å². The molecule has 0 unspecified atom stereocenters. The number of carbonyl (C=O) groups excluding carboxylic acids is 1. The number of amides is 1. The summed E-state index contributed by atoms with van der Waals surface area (Å²) in [4.78, 5) is 14.6. The maximum Gasteiger partial charge on any atom is 0.255 e. The van der Waals surface area contributed by atoms with Gasteiger partial charge in [0.25, 0.3) is 5.91 Å². The van der Waals surface area contributed by atoms with E-state index in [0.29, 0.717) is 12.3 Å². The molecule has 0 aromatic heterocycles. The maximum absolute atomic E-state index is 12.8. The zero-order chi connectivity index (χ0) is 21.6. The van der Waals surface area contributed by atoms with Crippen LogP contribution in [0, 0.1) is 0 Å². The summed E-state index contributed by atoms with van der Waals surface area (Å²) in [7, 11) is -2.34. The summed E-state index contributed by atoms with van der Waals surface area (Å²) < 4.78 is 33.3. The summed E-state index contributed by atoms with van der Waals surface area (Å²) in [6, 6.07) is 12.2. The van der Waals surface area contributed by atoms with Crippen LogP contribution in [0.2, 0.25) is 0 Å². The van der Waals surface area contributed by atoms with Gasteiger partial charge in [-0.05, 0) is 62.1 Å². The number of anilines is 1. The van der Waals surface area contributed by atoms with E-state index in [0.717, 1.165) is 18.7 Å². The van der Waals surface area contributed by atoms with E-state index in [4.69, 9.17) is 4.74 Å². The Kier molecular flexibility index (Phi) is 7.33. The summed E-state index contributed by atoms with van der Waals surface area (Å²) in [6.45, 7) is 4.54. The predicted molar refractivity (Wildman–Crippen MR) is 118 cm³/mol. The van der Waals surface area contributed by atoms with Crippen molar-refractivity contribution in [1.82, 2.24) is 10.0 Å². The molecule has 0 aliphatic carbocycles. The first-order chi connectivity index (χ1) is 14.4. The Morgan fingerprint density at radius 2 is 1.77 bits per heavy atom. The molecule has 1 saturated heterocycles. The maximum atomic E-state index is 12.8. The van der Waals surface area contributed by atoms with Gasteiger partial charge in [0.05, 0.1) is 17.6 Å². The monoisotopic (exact) mass is 431 g/mol. The smallest absolute Gasteiger partial charge is 0.255 e. The Balaban J connectivity index is 1.70. The number of ether oxygens (including phenoxy) is 1. The molecule has 8 heteroatoms. The lowest BCUT2D eigenvalue weighted by Crippen LogP contribution is -2.29. The van der Waals surface area contributed by atoms with Gasteiger partial charge in [-0.2, -0.15) is 0 Å². The van der Waals surface area contributed by atoms with Gasteiger partial charge in [-0.15, -0.1) is 0 Å². The molecule has 1 heterocycles. The minimum absolute atomic E-state index is 0.0227. The summed E-state index contributed by atoms with van der Waals surface area (Å²) in [5, 5.41) is 2.67. The molecule has 7 nitrogen and oxygen atoms in total. The average molecular weight is 432 g/mol. The van der Waals surface area contributed by atoms with Crippen molar-refractivity contribution in [3.05, 3.63) is 53.6 Å². The lowest BCUT2D eigenvalue weighted by Gasteiger charge is -2.28. The minimum atomic E-state index is -3.78. The van der Waals surface area contributed by atoms with Crippen LogP contribution in [0.5, 0.6) is 5.75 Å². The van der Waals surface area contributed by atoms with E-state index in [2.05, 4.69) is 14.9 Å². The van der Waals surface area contributed by atoms with Gasteiger partial charge in [0.1, 0.15) is 5.75 Å². The van der Waals surface area contributed by atoms with Gasteiger partial charge in [-0.25, -0.2) is 13.1 Å².